The fourth-order valence-electron chi connectivity index (χ4n) is 2.50. The molecule has 2 nitrogen and oxygen atoms in total. The number of H-pyrrole nitrogens is 1. The molecule has 0 unspecified atom stereocenters. The molecular weight excluding hydrogens is 184 g/mol. The Hall–Kier alpha value is -1.28. The van der Waals surface area contributed by atoms with Crippen molar-refractivity contribution in [2.24, 2.45) is 5.92 Å². The van der Waals surface area contributed by atoms with Gasteiger partial charge in [-0.05, 0) is 43.5 Å². The summed E-state index contributed by atoms with van der Waals surface area (Å²) in [6.07, 6.45) is 4.69. The Morgan fingerprint density at radius 3 is 3.07 bits per heavy atom. The lowest BCUT2D eigenvalue weighted by molar-refractivity contribution is 0.582. The van der Waals surface area contributed by atoms with E-state index >= 15 is 0 Å². The molecule has 0 radical (unpaired) electrons. The molecule has 1 aromatic heterocycles. The normalized spacial score (nSPS) is 21.2. The van der Waals surface area contributed by atoms with Crippen molar-refractivity contribution in [2.45, 2.75) is 12.8 Å². The Morgan fingerprint density at radius 1 is 1.27 bits per heavy atom. The Balaban J connectivity index is 1.90. The van der Waals surface area contributed by atoms with Crippen molar-refractivity contribution in [1.82, 2.24) is 10.3 Å². The van der Waals surface area contributed by atoms with Crippen LogP contribution in [0.1, 0.15) is 12.0 Å². The van der Waals surface area contributed by atoms with Crippen LogP contribution in [-0.2, 0) is 6.42 Å². The van der Waals surface area contributed by atoms with Crippen LogP contribution in [0.4, 0.5) is 0 Å². The summed E-state index contributed by atoms with van der Waals surface area (Å²) < 4.78 is 0. The summed E-state index contributed by atoms with van der Waals surface area (Å²) in [6, 6.07) is 8.56. The monoisotopic (exact) mass is 200 g/mol. The van der Waals surface area contributed by atoms with Crippen LogP contribution >= 0.6 is 0 Å². The predicted octanol–water partition coefficient (Wildman–Crippen LogP) is 2.32. The zero-order chi connectivity index (χ0) is 10.1. The van der Waals surface area contributed by atoms with Crippen LogP contribution < -0.4 is 5.32 Å². The Labute approximate surface area is 89.7 Å². The van der Waals surface area contributed by atoms with Gasteiger partial charge in [-0.25, -0.2) is 0 Å². The highest BCUT2D eigenvalue weighted by molar-refractivity contribution is 5.83. The van der Waals surface area contributed by atoms with Crippen molar-refractivity contribution >= 4 is 10.9 Å². The van der Waals surface area contributed by atoms with Gasteiger partial charge in [-0.2, -0.15) is 0 Å². The molecule has 2 heteroatoms. The summed E-state index contributed by atoms with van der Waals surface area (Å²) in [6.45, 7) is 2.37. The molecular formula is C13H16N2. The highest BCUT2D eigenvalue weighted by Crippen LogP contribution is 2.22. The minimum absolute atomic E-state index is 0.823. The number of hydrogen-bond acceptors (Lipinski definition) is 1. The average molecular weight is 200 g/mol. The van der Waals surface area contributed by atoms with E-state index in [9.17, 15) is 0 Å². The van der Waals surface area contributed by atoms with Gasteiger partial charge in [0.15, 0.2) is 0 Å². The minimum atomic E-state index is 0.823. The lowest BCUT2D eigenvalue weighted by atomic mass is 9.98. The minimum Gasteiger partial charge on any atom is -0.361 e. The van der Waals surface area contributed by atoms with Gasteiger partial charge in [-0.1, -0.05) is 18.2 Å². The third-order valence-corrected chi connectivity index (χ3v) is 3.35. The number of rotatable bonds is 2. The number of fused-ring (bicyclic) bond motifs is 1. The first-order valence-electron chi connectivity index (χ1n) is 5.69. The second-order valence-corrected chi connectivity index (χ2v) is 4.42. The number of hydrogen-bond donors (Lipinski definition) is 2. The van der Waals surface area contributed by atoms with E-state index in [1.54, 1.807) is 0 Å². The van der Waals surface area contributed by atoms with E-state index in [2.05, 4.69) is 40.8 Å². The molecule has 1 atom stereocenters. The second kappa shape index (κ2) is 3.70. The third kappa shape index (κ3) is 1.65. The molecule has 1 aromatic carbocycles. The molecule has 0 amide bonds. The van der Waals surface area contributed by atoms with Gasteiger partial charge in [0.1, 0.15) is 0 Å². The Kier molecular flexibility index (Phi) is 2.22. The summed E-state index contributed by atoms with van der Waals surface area (Å²) >= 11 is 0. The summed E-state index contributed by atoms with van der Waals surface area (Å²) in [5.41, 5.74) is 2.73. The van der Waals surface area contributed by atoms with Gasteiger partial charge < -0.3 is 10.3 Å². The maximum atomic E-state index is 3.42. The molecule has 1 fully saturated rings. The number of aromatic nitrogens is 1. The first kappa shape index (κ1) is 8.98. The highest BCUT2D eigenvalue weighted by Gasteiger charge is 2.16. The van der Waals surface area contributed by atoms with E-state index in [4.69, 9.17) is 0 Å². The molecule has 2 heterocycles. The molecule has 0 bridgehead atoms. The quantitative estimate of drug-likeness (QED) is 0.765. The molecule has 3 rings (SSSR count). The van der Waals surface area contributed by atoms with Crippen molar-refractivity contribution in [3.8, 4) is 0 Å². The first-order chi connectivity index (χ1) is 7.43. The summed E-state index contributed by atoms with van der Waals surface area (Å²) in [4.78, 5) is 3.34. The van der Waals surface area contributed by atoms with Crippen molar-refractivity contribution in [3.05, 3.63) is 36.0 Å². The van der Waals surface area contributed by atoms with Gasteiger partial charge in [0.2, 0.25) is 0 Å². The van der Waals surface area contributed by atoms with E-state index < -0.39 is 0 Å². The molecule has 0 aliphatic carbocycles. The summed E-state index contributed by atoms with van der Waals surface area (Å²) in [5.74, 6) is 0.823. The summed E-state index contributed by atoms with van der Waals surface area (Å²) in [7, 11) is 0. The van der Waals surface area contributed by atoms with Gasteiger partial charge in [-0.3, -0.25) is 0 Å². The number of para-hydroxylation sites is 1. The zero-order valence-corrected chi connectivity index (χ0v) is 8.79. The molecule has 1 aliphatic rings. The first-order valence-corrected chi connectivity index (χ1v) is 5.69. The highest BCUT2D eigenvalue weighted by atomic mass is 14.9. The molecule has 0 saturated carbocycles. The third-order valence-electron chi connectivity index (χ3n) is 3.35. The zero-order valence-electron chi connectivity index (χ0n) is 8.79. The lowest BCUT2D eigenvalue weighted by Gasteiger charge is -2.06. The molecule has 2 N–H and O–H groups in total. The lowest BCUT2D eigenvalue weighted by Crippen LogP contribution is -2.10. The van der Waals surface area contributed by atoms with Crippen molar-refractivity contribution in [2.75, 3.05) is 13.1 Å². The maximum absolute atomic E-state index is 3.42. The summed E-state index contributed by atoms with van der Waals surface area (Å²) in [5, 5.41) is 4.82. The largest absolute Gasteiger partial charge is 0.361 e. The number of aromatic amines is 1. The van der Waals surface area contributed by atoms with E-state index in [1.165, 1.54) is 42.4 Å². The van der Waals surface area contributed by atoms with E-state index in [-0.39, 0.29) is 0 Å². The SMILES string of the molecule is c1ccc2c(C[C@@H]3CCNC3)c[nH]c2c1. The van der Waals surface area contributed by atoms with Gasteiger partial charge in [0, 0.05) is 17.1 Å². The van der Waals surface area contributed by atoms with Gasteiger partial charge in [0.05, 0.1) is 0 Å². The maximum Gasteiger partial charge on any atom is 0.0456 e. The van der Waals surface area contributed by atoms with Crippen molar-refractivity contribution < 1.29 is 0 Å². The van der Waals surface area contributed by atoms with E-state index in [0.717, 1.165) is 5.92 Å². The molecule has 2 aromatic rings. The second-order valence-electron chi connectivity index (χ2n) is 4.42. The van der Waals surface area contributed by atoms with Crippen LogP contribution in [0.25, 0.3) is 10.9 Å². The fraction of sp³-hybridized carbons (Fsp3) is 0.385. The van der Waals surface area contributed by atoms with Crippen molar-refractivity contribution in [1.29, 1.82) is 0 Å². The number of nitrogens with one attached hydrogen (secondary N) is 2. The van der Waals surface area contributed by atoms with Crippen LogP contribution in [-0.4, -0.2) is 18.1 Å². The van der Waals surface area contributed by atoms with E-state index in [1.807, 2.05) is 0 Å². The molecule has 1 saturated heterocycles. The average Bonchev–Trinajstić information content (AvgIpc) is 2.89. The molecule has 78 valence electrons. The van der Waals surface area contributed by atoms with Crippen molar-refractivity contribution in [3.63, 3.8) is 0 Å². The van der Waals surface area contributed by atoms with Gasteiger partial charge in [-0.15, -0.1) is 0 Å². The van der Waals surface area contributed by atoms with Crippen LogP contribution in [0.15, 0.2) is 30.5 Å². The standard InChI is InChI=1S/C13H16N2/c1-2-4-13-12(3-1)11(9-15-13)7-10-5-6-14-8-10/h1-4,9-10,14-15H,5-8H2/t10-/m0/s1. The fourth-order valence-corrected chi connectivity index (χ4v) is 2.50. The van der Waals surface area contributed by atoms with Crippen LogP contribution in [0, 0.1) is 5.92 Å². The van der Waals surface area contributed by atoms with Crippen LogP contribution in [0.3, 0.4) is 0 Å². The number of benzene rings is 1. The molecule has 15 heavy (non-hydrogen) atoms. The predicted molar refractivity (Wildman–Crippen MR) is 63.0 cm³/mol. The van der Waals surface area contributed by atoms with Crippen LogP contribution in [0.5, 0.6) is 0 Å². The Bertz CT molecular complexity index is 452. The smallest absolute Gasteiger partial charge is 0.0456 e. The van der Waals surface area contributed by atoms with E-state index in [0.29, 0.717) is 0 Å². The molecule has 0 spiro atoms. The topological polar surface area (TPSA) is 27.8 Å². The van der Waals surface area contributed by atoms with Gasteiger partial charge >= 0.3 is 0 Å². The van der Waals surface area contributed by atoms with Gasteiger partial charge in [0.25, 0.3) is 0 Å². The Morgan fingerprint density at radius 2 is 2.20 bits per heavy atom. The van der Waals surface area contributed by atoms with Crippen LogP contribution in [0.2, 0.25) is 0 Å². The molecule has 1 aliphatic heterocycles.